The van der Waals surface area contributed by atoms with E-state index in [9.17, 15) is 26.4 Å². The fourth-order valence-corrected chi connectivity index (χ4v) is 5.29. The predicted octanol–water partition coefficient (Wildman–Crippen LogP) is 2.83. The highest BCUT2D eigenvalue weighted by atomic mass is 79.9. The minimum absolute atomic E-state index is 0.0155. The van der Waals surface area contributed by atoms with Gasteiger partial charge < -0.3 is 0 Å². The Bertz CT molecular complexity index is 1330. The van der Waals surface area contributed by atoms with Gasteiger partial charge in [0.2, 0.25) is 6.41 Å². The highest BCUT2D eigenvalue weighted by Crippen LogP contribution is 2.20. The van der Waals surface area contributed by atoms with Crippen molar-refractivity contribution in [2.75, 3.05) is 6.54 Å². The maximum atomic E-state index is 12.7. The molecule has 0 aliphatic rings. The van der Waals surface area contributed by atoms with Gasteiger partial charge in [-0.15, -0.1) is 0 Å². The zero-order valence-corrected chi connectivity index (χ0v) is 19.4. The standard InChI is InChI=1S/C20H17BrN2O6S2/c1-15-2-6-18(7-3-15)31(28,29)23(14-24)13-20(25)16-10-11-22(12-16)30(26,27)19-8-4-17(21)5-9-19/h2-12,14H,13H2,1H3. The summed E-state index contributed by atoms with van der Waals surface area (Å²) >= 11 is 3.23. The lowest BCUT2D eigenvalue weighted by Gasteiger charge is -2.16. The SMILES string of the molecule is Cc1ccc(S(=O)(=O)N(C=O)CC(=O)c2ccn(S(=O)(=O)c3ccc(Br)cc3)c2)cc1. The number of carbonyl (C=O) groups excluding carboxylic acids is 2. The van der Waals surface area contributed by atoms with Crippen molar-refractivity contribution < 1.29 is 26.4 Å². The van der Waals surface area contributed by atoms with Gasteiger partial charge in [-0.25, -0.2) is 25.1 Å². The number of nitrogens with zero attached hydrogens (tertiary/aromatic N) is 2. The Hall–Kier alpha value is -2.76. The lowest BCUT2D eigenvalue weighted by molar-refractivity contribution is -0.113. The van der Waals surface area contributed by atoms with E-state index in [0.717, 1.165) is 15.7 Å². The first kappa shape index (κ1) is 22.9. The van der Waals surface area contributed by atoms with E-state index >= 15 is 0 Å². The molecular weight excluding hydrogens is 508 g/mol. The van der Waals surface area contributed by atoms with Crippen molar-refractivity contribution in [1.82, 2.24) is 8.28 Å². The van der Waals surface area contributed by atoms with Crippen LogP contribution in [0.5, 0.6) is 0 Å². The van der Waals surface area contributed by atoms with Crippen molar-refractivity contribution in [2.45, 2.75) is 16.7 Å². The molecule has 0 N–H and O–H groups in total. The van der Waals surface area contributed by atoms with Gasteiger partial charge in [0.15, 0.2) is 5.78 Å². The van der Waals surface area contributed by atoms with Gasteiger partial charge in [0.1, 0.15) is 6.54 Å². The largest absolute Gasteiger partial charge is 0.292 e. The number of halogens is 1. The van der Waals surface area contributed by atoms with Crippen molar-refractivity contribution >= 4 is 48.2 Å². The Morgan fingerprint density at radius 1 is 0.968 bits per heavy atom. The lowest BCUT2D eigenvalue weighted by atomic mass is 10.2. The fourth-order valence-electron chi connectivity index (χ4n) is 2.68. The van der Waals surface area contributed by atoms with Crippen LogP contribution in [0.3, 0.4) is 0 Å². The Balaban J connectivity index is 1.83. The quantitative estimate of drug-likeness (QED) is 0.331. The molecule has 1 aromatic heterocycles. The van der Waals surface area contributed by atoms with Crippen LogP contribution in [0, 0.1) is 6.92 Å². The third-order valence-corrected chi connectivity index (χ3v) is 8.30. The molecule has 0 spiro atoms. The molecule has 0 bridgehead atoms. The van der Waals surface area contributed by atoms with E-state index in [1.807, 2.05) is 0 Å². The summed E-state index contributed by atoms with van der Waals surface area (Å²) in [5, 5.41) is 0. The molecule has 1 amide bonds. The molecule has 0 unspecified atom stereocenters. The van der Waals surface area contributed by atoms with Crippen molar-refractivity contribution in [2.24, 2.45) is 0 Å². The molecule has 2 aromatic carbocycles. The summed E-state index contributed by atoms with van der Waals surface area (Å²) < 4.78 is 52.7. The molecule has 31 heavy (non-hydrogen) atoms. The molecule has 0 fully saturated rings. The maximum Gasteiger partial charge on any atom is 0.267 e. The van der Waals surface area contributed by atoms with E-state index in [1.165, 1.54) is 36.5 Å². The van der Waals surface area contributed by atoms with Gasteiger partial charge in [0.25, 0.3) is 20.0 Å². The number of amides is 1. The highest BCUT2D eigenvalue weighted by Gasteiger charge is 2.26. The van der Waals surface area contributed by atoms with E-state index in [-0.39, 0.29) is 21.8 Å². The van der Waals surface area contributed by atoms with Gasteiger partial charge >= 0.3 is 0 Å². The zero-order chi connectivity index (χ0) is 22.8. The predicted molar refractivity (Wildman–Crippen MR) is 117 cm³/mol. The molecule has 0 saturated carbocycles. The molecule has 0 aliphatic carbocycles. The molecule has 0 aliphatic heterocycles. The topological polar surface area (TPSA) is 111 Å². The van der Waals surface area contributed by atoms with Crippen LogP contribution in [-0.2, 0) is 24.8 Å². The van der Waals surface area contributed by atoms with Gasteiger partial charge in [-0.3, -0.25) is 9.59 Å². The van der Waals surface area contributed by atoms with Crippen LogP contribution in [0.25, 0.3) is 0 Å². The Morgan fingerprint density at radius 3 is 2.13 bits per heavy atom. The van der Waals surface area contributed by atoms with Crippen LogP contribution < -0.4 is 0 Å². The van der Waals surface area contributed by atoms with Crippen molar-refractivity contribution in [3.05, 3.63) is 82.6 Å². The monoisotopic (exact) mass is 524 g/mol. The van der Waals surface area contributed by atoms with Crippen LogP contribution in [0.2, 0.25) is 0 Å². The molecular formula is C20H17BrN2O6S2. The number of hydrogen-bond acceptors (Lipinski definition) is 6. The first-order chi connectivity index (χ1) is 14.6. The number of ketones is 1. The van der Waals surface area contributed by atoms with Crippen LogP contribution >= 0.6 is 15.9 Å². The highest BCUT2D eigenvalue weighted by molar-refractivity contribution is 9.10. The summed E-state index contributed by atoms with van der Waals surface area (Å²) in [6, 6.07) is 13.0. The zero-order valence-electron chi connectivity index (χ0n) is 16.2. The van der Waals surface area contributed by atoms with Crippen LogP contribution in [0.1, 0.15) is 15.9 Å². The Labute approximate surface area is 188 Å². The smallest absolute Gasteiger partial charge is 0.267 e. The van der Waals surface area contributed by atoms with Crippen molar-refractivity contribution in [1.29, 1.82) is 0 Å². The molecule has 0 radical (unpaired) electrons. The van der Waals surface area contributed by atoms with E-state index in [0.29, 0.717) is 8.78 Å². The molecule has 11 heteroatoms. The first-order valence-corrected chi connectivity index (χ1v) is 12.5. The van der Waals surface area contributed by atoms with Crippen LogP contribution in [0.4, 0.5) is 0 Å². The molecule has 8 nitrogen and oxygen atoms in total. The van der Waals surface area contributed by atoms with Gasteiger partial charge in [-0.05, 0) is 49.4 Å². The summed E-state index contributed by atoms with van der Waals surface area (Å²) in [7, 11) is -8.16. The molecule has 3 aromatic rings. The van der Waals surface area contributed by atoms with E-state index in [4.69, 9.17) is 0 Å². The van der Waals surface area contributed by atoms with Crippen molar-refractivity contribution in [3.63, 3.8) is 0 Å². The molecule has 1 heterocycles. The lowest BCUT2D eigenvalue weighted by Crippen LogP contribution is -2.34. The first-order valence-electron chi connectivity index (χ1n) is 8.82. The summed E-state index contributed by atoms with van der Waals surface area (Å²) in [5.74, 6) is -0.729. The van der Waals surface area contributed by atoms with Crippen LogP contribution in [-0.4, -0.2) is 43.9 Å². The normalized spacial score (nSPS) is 11.8. The van der Waals surface area contributed by atoms with Gasteiger partial charge in [0.05, 0.1) is 9.79 Å². The van der Waals surface area contributed by atoms with Gasteiger partial charge in [0, 0.05) is 22.4 Å². The number of aryl methyl sites for hydroxylation is 1. The van der Waals surface area contributed by atoms with E-state index < -0.39 is 32.4 Å². The van der Waals surface area contributed by atoms with Crippen molar-refractivity contribution in [3.8, 4) is 0 Å². The fraction of sp³-hybridized carbons (Fsp3) is 0.100. The summed E-state index contributed by atoms with van der Waals surface area (Å²) in [5.41, 5.74) is 0.785. The number of aromatic nitrogens is 1. The Kier molecular flexibility index (Phi) is 6.48. The molecule has 0 saturated heterocycles. The van der Waals surface area contributed by atoms with Gasteiger partial charge in [-0.1, -0.05) is 33.6 Å². The average molecular weight is 525 g/mol. The average Bonchev–Trinajstić information content (AvgIpc) is 3.23. The summed E-state index contributed by atoms with van der Waals surface area (Å²) in [6.45, 7) is 1.02. The number of benzene rings is 2. The van der Waals surface area contributed by atoms with E-state index in [1.54, 1.807) is 31.2 Å². The number of rotatable bonds is 8. The second-order valence-corrected chi connectivity index (χ2v) is 11.2. The third-order valence-electron chi connectivity index (χ3n) is 4.42. The summed E-state index contributed by atoms with van der Waals surface area (Å²) in [6.07, 6.45) is 2.33. The third kappa shape index (κ3) is 4.78. The molecule has 162 valence electrons. The second-order valence-electron chi connectivity index (χ2n) is 6.58. The molecule has 3 rings (SSSR count). The maximum absolute atomic E-state index is 12.7. The number of Topliss-reactive ketones (excluding diaryl/α,β-unsaturated/α-hetero) is 1. The Morgan fingerprint density at radius 2 is 1.55 bits per heavy atom. The number of sulfonamides is 1. The van der Waals surface area contributed by atoms with E-state index in [2.05, 4.69) is 15.9 Å². The molecule has 0 atom stereocenters. The summed E-state index contributed by atoms with van der Waals surface area (Å²) in [4.78, 5) is 23.9. The number of carbonyl (C=O) groups is 2. The van der Waals surface area contributed by atoms with Gasteiger partial charge in [-0.2, -0.15) is 0 Å². The van der Waals surface area contributed by atoms with Crippen LogP contribution in [0.15, 0.2) is 81.3 Å². The minimum atomic E-state index is -4.22. The minimum Gasteiger partial charge on any atom is -0.292 e. The number of hydrogen-bond donors (Lipinski definition) is 0. The second kappa shape index (κ2) is 8.77.